The van der Waals surface area contributed by atoms with Crippen LogP contribution in [0.15, 0.2) is 11.6 Å². The second kappa shape index (κ2) is 6.71. The van der Waals surface area contributed by atoms with Crippen LogP contribution >= 0.6 is 0 Å². The van der Waals surface area contributed by atoms with E-state index in [0.717, 1.165) is 0 Å². The molecule has 0 amide bonds. The summed E-state index contributed by atoms with van der Waals surface area (Å²) < 4.78 is 0. The van der Waals surface area contributed by atoms with Gasteiger partial charge in [-0.25, -0.2) is 18.1 Å². The van der Waals surface area contributed by atoms with E-state index in [1.165, 1.54) is 5.57 Å². The molecule has 0 bridgehead atoms. The van der Waals surface area contributed by atoms with E-state index in [2.05, 4.69) is 19.9 Å². The summed E-state index contributed by atoms with van der Waals surface area (Å²) in [5, 5.41) is 0. The number of hydrogen-bond donors (Lipinski definition) is 0. The molecule has 0 atom stereocenters. The molecular weight excluding hydrogens is 161 g/mol. The summed E-state index contributed by atoms with van der Waals surface area (Å²) in [7, 11) is 0. The van der Waals surface area contributed by atoms with Gasteiger partial charge in [-0.15, -0.1) is 20.8 Å². The maximum atomic E-state index is 2.08. The molecule has 0 spiro atoms. The van der Waals surface area contributed by atoms with E-state index >= 15 is 0 Å². The maximum Gasteiger partial charge on any atom is 3.00 e. The van der Waals surface area contributed by atoms with Gasteiger partial charge in [0, 0.05) is 0 Å². The van der Waals surface area contributed by atoms with Crippen LogP contribution in [-0.2, 0) is 32.7 Å². The summed E-state index contributed by atoms with van der Waals surface area (Å²) in [4.78, 5) is 0. The molecule has 0 rings (SSSR count). The maximum absolute atomic E-state index is 2.08. The first-order valence-electron chi connectivity index (χ1n) is 2.20. The van der Waals surface area contributed by atoms with Gasteiger partial charge in [0.2, 0.25) is 0 Å². The Bertz CT molecular complexity index is 51.2. The molecule has 0 fully saturated rings. The third-order valence-corrected chi connectivity index (χ3v) is 0.500. The van der Waals surface area contributed by atoms with Crippen molar-refractivity contribution in [2.75, 3.05) is 0 Å². The molecule has 0 saturated carbocycles. The molecule has 0 aromatic carbocycles. The van der Waals surface area contributed by atoms with Crippen molar-refractivity contribution >= 4 is 0 Å². The molecule has 0 saturated heterocycles. The molecule has 0 N–H and O–H groups in total. The monoisotopic (exact) mass is 172 g/mol. The Hall–Kier alpha value is 0.714. The van der Waals surface area contributed by atoms with E-state index in [1.807, 2.05) is 13.3 Å². The Kier molecular flexibility index (Phi) is 10.2. The SMILES string of the molecule is C[CH-]C=C(C)C.[Y+3]. The van der Waals surface area contributed by atoms with E-state index in [-0.39, 0.29) is 32.7 Å². The topological polar surface area (TPSA) is 0 Å². The molecule has 0 heterocycles. The van der Waals surface area contributed by atoms with E-state index in [4.69, 9.17) is 0 Å². The van der Waals surface area contributed by atoms with Crippen LogP contribution in [0, 0.1) is 6.42 Å². The van der Waals surface area contributed by atoms with Crippen LogP contribution in [0.25, 0.3) is 0 Å². The molecule has 0 aliphatic heterocycles. The van der Waals surface area contributed by atoms with Crippen LogP contribution in [0.2, 0.25) is 0 Å². The van der Waals surface area contributed by atoms with Crippen LogP contribution in [-0.4, -0.2) is 0 Å². The van der Waals surface area contributed by atoms with Gasteiger partial charge in [-0.1, -0.05) is 0 Å². The Morgan fingerprint density at radius 2 is 1.86 bits per heavy atom. The molecule has 7 heavy (non-hydrogen) atoms. The standard InChI is InChI=1S/C6H11.Y/c1-4-5-6(2)3;/h4-5H,1-3H3;/q-1;+3. The molecule has 0 aromatic rings. The zero-order valence-electron chi connectivity index (χ0n) is 5.23. The Labute approximate surface area is 71.3 Å². The van der Waals surface area contributed by atoms with E-state index in [0.29, 0.717) is 0 Å². The van der Waals surface area contributed by atoms with Gasteiger partial charge in [-0.2, -0.15) is 0 Å². The van der Waals surface area contributed by atoms with Gasteiger partial charge in [0.15, 0.2) is 0 Å². The first kappa shape index (κ1) is 10.7. The van der Waals surface area contributed by atoms with Crippen molar-refractivity contribution in [2.24, 2.45) is 0 Å². The minimum Gasteiger partial charge on any atom is -0.233 e. The summed E-state index contributed by atoms with van der Waals surface area (Å²) in [6.07, 6.45) is 4.12. The zero-order valence-corrected chi connectivity index (χ0v) is 8.07. The number of hydrogen-bond acceptors (Lipinski definition) is 0. The van der Waals surface area contributed by atoms with Crippen LogP contribution in [0.1, 0.15) is 20.8 Å². The second-order valence-electron chi connectivity index (χ2n) is 1.58. The van der Waals surface area contributed by atoms with Gasteiger partial charge in [0.1, 0.15) is 0 Å². The molecule has 0 unspecified atom stereocenters. The van der Waals surface area contributed by atoms with Crippen molar-refractivity contribution < 1.29 is 32.7 Å². The summed E-state index contributed by atoms with van der Waals surface area (Å²) >= 11 is 0. The first-order valence-corrected chi connectivity index (χ1v) is 2.20. The van der Waals surface area contributed by atoms with Gasteiger partial charge >= 0.3 is 32.7 Å². The summed E-state index contributed by atoms with van der Waals surface area (Å²) in [5.41, 5.74) is 1.36. The number of allylic oxidation sites excluding steroid dienone is 2. The predicted molar refractivity (Wildman–Crippen MR) is 29.4 cm³/mol. The molecule has 0 aliphatic carbocycles. The van der Waals surface area contributed by atoms with Crippen LogP contribution in [0.5, 0.6) is 0 Å². The largest absolute Gasteiger partial charge is 3.00 e. The third kappa shape index (κ3) is 10.8. The second-order valence-corrected chi connectivity index (χ2v) is 1.58. The Balaban J connectivity index is 0. The first-order chi connectivity index (χ1) is 2.77. The van der Waals surface area contributed by atoms with Gasteiger partial charge in [0.25, 0.3) is 0 Å². The average Bonchev–Trinajstić information content (AvgIpc) is 1.35. The van der Waals surface area contributed by atoms with Crippen LogP contribution in [0.3, 0.4) is 0 Å². The van der Waals surface area contributed by atoms with Crippen molar-refractivity contribution in [1.82, 2.24) is 0 Å². The van der Waals surface area contributed by atoms with Crippen LogP contribution < -0.4 is 0 Å². The van der Waals surface area contributed by atoms with E-state index in [9.17, 15) is 0 Å². The summed E-state index contributed by atoms with van der Waals surface area (Å²) in [6, 6.07) is 0. The quantitative estimate of drug-likeness (QED) is 0.531. The fraction of sp³-hybridized carbons (Fsp3) is 0.500. The van der Waals surface area contributed by atoms with Crippen molar-refractivity contribution in [2.45, 2.75) is 20.8 Å². The number of rotatable bonds is 1. The zero-order chi connectivity index (χ0) is 4.99. The van der Waals surface area contributed by atoms with E-state index < -0.39 is 0 Å². The van der Waals surface area contributed by atoms with Gasteiger partial charge in [0.05, 0.1) is 0 Å². The minimum atomic E-state index is 0. The molecule has 0 nitrogen and oxygen atoms in total. The third-order valence-electron chi connectivity index (χ3n) is 0.500. The van der Waals surface area contributed by atoms with Crippen molar-refractivity contribution in [3.8, 4) is 0 Å². The van der Waals surface area contributed by atoms with Crippen molar-refractivity contribution in [3.63, 3.8) is 0 Å². The molecule has 0 aliphatic rings. The summed E-state index contributed by atoms with van der Waals surface area (Å²) in [6.45, 7) is 6.19. The van der Waals surface area contributed by atoms with E-state index in [1.54, 1.807) is 0 Å². The van der Waals surface area contributed by atoms with Gasteiger partial charge < -0.3 is 0 Å². The van der Waals surface area contributed by atoms with Crippen molar-refractivity contribution in [1.29, 1.82) is 0 Å². The fourth-order valence-corrected chi connectivity index (χ4v) is 0.333. The van der Waals surface area contributed by atoms with Gasteiger partial charge in [-0.05, 0) is 0 Å². The Morgan fingerprint density at radius 1 is 1.43 bits per heavy atom. The van der Waals surface area contributed by atoms with Gasteiger partial charge in [-0.3, -0.25) is 0 Å². The fourth-order valence-electron chi connectivity index (χ4n) is 0.333. The predicted octanol–water partition coefficient (Wildman–Crippen LogP) is 2.17. The van der Waals surface area contributed by atoms with Crippen LogP contribution in [0.4, 0.5) is 0 Å². The molecule has 1 heteroatoms. The normalized spacial score (nSPS) is 6.14. The molecule has 0 aromatic heterocycles. The average molecular weight is 172 g/mol. The molecule has 0 radical (unpaired) electrons. The smallest absolute Gasteiger partial charge is 0.233 e. The van der Waals surface area contributed by atoms with Crippen molar-refractivity contribution in [3.05, 3.63) is 18.1 Å². The molecule has 36 valence electrons. The molecular formula is C6H11Y+2. The minimum absolute atomic E-state index is 0. The summed E-state index contributed by atoms with van der Waals surface area (Å²) in [5.74, 6) is 0. The Morgan fingerprint density at radius 3 is 1.86 bits per heavy atom.